The van der Waals surface area contributed by atoms with E-state index in [1.807, 2.05) is 53.8 Å². The van der Waals surface area contributed by atoms with E-state index in [9.17, 15) is 4.39 Å². The minimum Gasteiger partial charge on any atom is -0.376 e. The third kappa shape index (κ3) is 2.94. The molecular formula is C13H12FIN2. The van der Waals surface area contributed by atoms with Crippen LogP contribution in [-0.2, 0) is 0 Å². The molecule has 0 aliphatic carbocycles. The molecule has 2 aromatic rings. The van der Waals surface area contributed by atoms with Gasteiger partial charge in [0.2, 0.25) is 0 Å². The zero-order chi connectivity index (χ0) is 12.3. The maximum atomic E-state index is 13.4. The van der Waals surface area contributed by atoms with Crippen molar-refractivity contribution in [1.82, 2.24) is 4.98 Å². The molecule has 1 unspecified atom stereocenters. The first kappa shape index (κ1) is 12.3. The summed E-state index contributed by atoms with van der Waals surface area (Å²) in [6, 6.07) is 10.8. The number of hydrogen-bond donors (Lipinski definition) is 1. The lowest BCUT2D eigenvalue weighted by Gasteiger charge is -2.16. The Morgan fingerprint density at radius 3 is 2.76 bits per heavy atom. The van der Waals surface area contributed by atoms with Gasteiger partial charge in [-0.1, -0.05) is 12.1 Å². The number of anilines is 1. The second-order valence-corrected chi connectivity index (χ2v) is 4.80. The number of aromatic nitrogens is 1. The highest BCUT2D eigenvalue weighted by molar-refractivity contribution is 14.1. The fourth-order valence-corrected chi connectivity index (χ4v) is 2.07. The summed E-state index contributed by atoms with van der Waals surface area (Å²) in [5.74, 6) is -0.205. The second kappa shape index (κ2) is 5.44. The molecule has 88 valence electrons. The first-order valence-corrected chi connectivity index (χ1v) is 6.38. The largest absolute Gasteiger partial charge is 0.376 e. The maximum Gasteiger partial charge on any atom is 0.138 e. The molecule has 0 saturated heterocycles. The first-order valence-electron chi connectivity index (χ1n) is 5.30. The van der Waals surface area contributed by atoms with Crippen molar-refractivity contribution in [2.45, 2.75) is 13.0 Å². The van der Waals surface area contributed by atoms with Crippen molar-refractivity contribution in [2.24, 2.45) is 0 Å². The molecule has 1 heterocycles. The van der Waals surface area contributed by atoms with Gasteiger partial charge in [-0.15, -0.1) is 0 Å². The van der Waals surface area contributed by atoms with Gasteiger partial charge in [0.1, 0.15) is 5.82 Å². The Labute approximate surface area is 113 Å². The SMILES string of the molecule is CC(Nc1cccc(F)c1I)c1ccccn1. The Kier molecular flexibility index (Phi) is 3.93. The molecule has 1 aromatic heterocycles. The molecule has 0 bridgehead atoms. The van der Waals surface area contributed by atoms with Crippen LogP contribution >= 0.6 is 22.6 Å². The Bertz CT molecular complexity index is 502. The van der Waals surface area contributed by atoms with Crippen molar-refractivity contribution < 1.29 is 4.39 Å². The normalized spacial score (nSPS) is 12.2. The predicted molar refractivity (Wildman–Crippen MR) is 75.4 cm³/mol. The minimum absolute atomic E-state index is 0.0477. The lowest BCUT2D eigenvalue weighted by Crippen LogP contribution is -2.09. The molecule has 1 aromatic carbocycles. The van der Waals surface area contributed by atoms with Gasteiger partial charge in [-0.2, -0.15) is 0 Å². The predicted octanol–water partition coefficient (Wildman–Crippen LogP) is 4.00. The molecule has 0 radical (unpaired) electrons. The van der Waals surface area contributed by atoms with E-state index in [0.29, 0.717) is 3.57 Å². The molecule has 0 saturated carbocycles. The smallest absolute Gasteiger partial charge is 0.138 e. The summed E-state index contributed by atoms with van der Waals surface area (Å²) in [5.41, 5.74) is 1.73. The van der Waals surface area contributed by atoms with Gasteiger partial charge in [0.25, 0.3) is 0 Å². The van der Waals surface area contributed by atoms with Gasteiger partial charge in [0.05, 0.1) is 21.0 Å². The van der Waals surface area contributed by atoms with Crippen LogP contribution in [0, 0.1) is 9.39 Å². The Hall–Kier alpha value is -1.17. The van der Waals surface area contributed by atoms with E-state index in [2.05, 4.69) is 10.3 Å². The van der Waals surface area contributed by atoms with Gasteiger partial charge in [-0.3, -0.25) is 4.98 Å². The fourth-order valence-electron chi connectivity index (χ4n) is 1.55. The number of rotatable bonds is 3. The number of nitrogens with zero attached hydrogens (tertiary/aromatic N) is 1. The minimum atomic E-state index is -0.205. The summed E-state index contributed by atoms with van der Waals surface area (Å²) in [4.78, 5) is 4.27. The van der Waals surface area contributed by atoms with Crippen molar-refractivity contribution >= 4 is 28.3 Å². The Balaban J connectivity index is 2.19. The van der Waals surface area contributed by atoms with Crippen molar-refractivity contribution in [3.8, 4) is 0 Å². The van der Waals surface area contributed by atoms with Crippen LogP contribution in [0.25, 0.3) is 0 Å². The van der Waals surface area contributed by atoms with E-state index in [1.165, 1.54) is 6.07 Å². The molecule has 2 rings (SSSR count). The monoisotopic (exact) mass is 342 g/mol. The van der Waals surface area contributed by atoms with Crippen molar-refractivity contribution in [3.05, 3.63) is 57.7 Å². The van der Waals surface area contributed by atoms with Crippen LogP contribution < -0.4 is 5.32 Å². The van der Waals surface area contributed by atoms with E-state index in [4.69, 9.17) is 0 Å². The molecule has 0 amide bonds. The van der Waals surface area contributed by atoms with Crippen molar-refractivity contribution in [2.75, 3.05) is 5.32 Å². The van der Waals surface area contributed by atoms with Crippen LogP contribution in [0.15, 0.2) is 42.6 Å². The van der Waals surface area contributed by atoms with Crippen molar-refractivity contribution in [1.29, 1.82) is 0 Å². The number of pyridine rings is 1. The average molecular weight is 342 g/mol. The molecule has 2 nitrogen and oxygen atoms in total. The average Bonchev–Trinajstić information content (AvgIpc) is 2.36. The van der Waals surface area contributed by atoms with Crippen LogP contribution in [0.1, 0.15) is 18.7 Å². The lowest BCUT2D eigenvalue weighted by molar-refractivity contribution is 0.620. The quantitative estimate of drug-likeness (QED) is 0.853. The fraction of sp³-hybridized carbons (Fsp3) is 0.154. The number of nitrogens with one attached hydrogen (secondary N) is 1. The topological polar surface area (TPSA) is 24.9 Å². The summed E-state index contributed by atoms with van der Waals surface area (Å²) in [6.07, 6.45) is 1.75. The van der Waals surface area contributed by atoms with Gasteiger partial charge in [0.15, 0.2) is 0 Å². The number of halogens is 2. The molecule has 17 heavy (non-hydrogen) atoms. The summed E-state index contributed by atoms with van der Waals surface area (Å²) in [5, 5.41) is 3.26. The summed E-state index contributed by atoms with van der Waals surface area (Å²) in [7, 11) is 0. The summed E-state index contributed by atoms with van der Waals surface area (Å²) >= 11 is 2.00. The van der Waals surface area contributed by atoms with Gasteiger partial charge >= 0.3 is 0 Å². The van der Waals surface area contributed by atoms with Crippen LogP contribution in [0.2, 0.25) is 0 Å². The van der Waals surface area contributed by atoms with E-state index >= 15 is 0 Å². The molecule has 0 aliphatic rings. The highest BCUT2D eigenvalue weighted by Crippen LogP contribution is 2.24. The molecule has 0 spiro atoms. The van der Waals surface area contributed by atoms with Crippen LogP contribution in [0.4, 0.5) is 10.1 Å². The third-order valence-electron chi connectivity index (χ3n) is 2.46. The zero-order valence-corrected chi connectivity index (χ0v) is 11.5. The van der Waals surface area contributed by atoms with E-state index in [0.717, 1.165) is 11.4 Å². The van der Waals surface area contributed by atoms with Crippen molar-refractivity contribution in [3.63, 3.8) is 0 Å². The maximum absolute atomic E-state index is 13.4. The van der Waals surface area contributed by atoms with E-state index in [-0.39, 0.29) is 11.9 Å². The highest BCUT2D eigenvalue weighted by atomic mass is 127. The lowest BCUT2D eigenvalue weighted by atomic mass is 10.2. The summed E-state index contributed by atoms with van der Waals surface area (Å²) in [6.45, 7) is 2.00. The Morgan fingerprint density at radius 1 is 1.24 bits per heavy atom. The van der Waals surface area contributed by atoms with Gasteiger partial charge in [-0.25, -0.2) is 4.39 Å². The molecule has 4 heteroatoms. The Morgan fingerprint density at radius 2 is 2.06 bits per heavy atom. The number of benzene rings is 1. The zero-order valence-electron chi connectivity index (χ0n) is 9.32. The van der Waals surface area contributed by atoms with Gasteiger partial charge in [0, 0.05) is 6.20 Å². The van der Waals surface area contributed by atoms with Crippen LogP contribution in [-0.4, -0.2) is 4.98 Å². The molecule has 0 fully saturated rings. The van der Waals surface area contributed by atoms with Gasteiger partial charge in [-0.05, 0) is 53.8 Å². The van der Waals surface area contributed by atoms with E-state index < -0.39 is 0 Å². The third-order valence-corrected chi connectivity index (χ3v) is 3.55. The molecule has 1 atom stereocenters. The van der Waals surface area contributed by atoms with E-state index in [1.54, 1.807) is 12.3 Å². The van der Waals surface area contributed by atoms with Gasteiger partial charge < -0.3 is 5.32 Å². The van der Waals surface area contributed by atoms with Crippen LogP contribution in [0.5, 0.6) is 0 Å². The highest BCUT2D eigenvalue weighted by Gasteiger charge is 2.10. The van der Waals surface area contributed by atoms with Crippen LogP contribution in [0.3, 0.4) is 0 Å². The first-order chi connectivity index (χ1) is 8.18. The summed E-state index contributed by atoms with van der Waals surface area (Å²) < 4.78 is 14.0. The number of hydrogen-bond acceptors (Lipinski definition) is 2. The molecule has 0 aliphatic heterocycles. The molecular weight excluding hydrogens is 330 g/mol. The standard InChI is InChI=1S/C13H12FIN2/c1-9(11-6-2-3-8-16-11)17-12-7-4-5-10(14)13(12)15/h2-9,17H,1H3. The second-order valence-electron chi connectivity index (χ2n) is 3.72. The molecule has 1 N–H and O–H groups in total.